The molecule has 2 fully saturated rings. The van der Waals surface area contributed by atoms with E-state index in [1.54, 1.807) is 0 Å². The van der Waals surface area contributed by atoms with Gasteiger partial charge in [-0.25, -0.2) is 4.39 Å². The van der Waals surface area contributed by atoms with E-state index in [1.165, 1.54) is 11.3 Å². The summed E-state index contributed by atoms with van der Waals surface area (Å²) in [5.41, 5.74) is -0.281. The SMILES string of the molecule is CC1CCC1(c1ccc(Cl)s1)C(O)CC=C[C@H]1[C@H](O)CC(F)[C@@H]1CC=CCCCC(=O)O. The van der Waals surface area contributed by atoms with Crippen molar-refractivity contribution < 1.29 is 24.5 Å². The number of thiophene rings is 1. The molecular weight excluding hydrogens is 451 g/mol. The Labute approximate surface area is 198 Å². The van der Waals surface area contributed by atoms with Crippen molar-refractivity contribution in [2.75, 3.05) is 0 Å². The first kappa shape index (κ1) is 25.4. The van der Waals surface area contributed by atoms with Crippen LogP contribution in [0.3, 0.4) is 0 Å². The highest BCUT2D eigenvalue weighted by Gasteiger charge is 2.51. The average molecular weight is 485 g/mol. The molecule has 0 radical (unpaired) electrons. The Kier molecular flexibility index (Phi) is 8.96. The number of hydrogen-bond acceptors (Lipinski definition) is 4. The van der Waals surface area contributed by atoms with Crippen molar-refractivity contribution in [2.24, 2.45) is 17.8 Å². The van der Waals surface area contributed by atoms with Crippen LogP contribution in [0.2, 0.25) is 4.34 Å². The van der Waals surface area contributed by atoms with Crippen LogP contribution in [-0.4, -0.2) is 39.7 Å². The van der Waals surface area contributed by atoms with Gasteiger partial charge >= 0.3 is 5.97 Å². The highest BCUT2D eigenvalue weighted by molar-refractivity contribution is 7.16. The summed E-state index contributed by atoms with van der Waals surface area (Å²) in [4.78, 5) is 11.7. The lowest BCUT2D eigenvalue weighted by Crippen LogP contribution is -2.51. The highest BCUT2D eigenvalue weighted by Crippen LogP contribution is 2.54. The number of carboxylic acid groups (broad SMARTS) is 1. The molecule has 3 N–H and O–H groups in total. The fraction of sp³-hybridized carbons (Fsp3) is 0.640. The Bertz CT molecular complexity index is 825. The minimum atomic E-state index is -1.07. The molecule has 2 saturated carbocycles. The molecule has 0 spiro atoms. The monoisotopic (exact) mass is 484 g/mol. The molecule has 0 aliphatic heterocycles. The standard InChI is InChI=1S/C25H34ClFO4S/c1-16-13-14-25(16,22-11-12-23(26)32-22)21(29)9-6-8-18-17(19(27)15-20(18)28)7-4-2-3-5-10-24(30)31/h2,4,6,8,11-12,16-21,28-29H,3,5,7,9-10,13-15H2,1H3,(H,30,31)/t16?,17-,18-,19?,20-,21?,25?/m1/s1. The molecule has 3 rings (SSSR count). The van der Waals surface area contributed by atoms with Gasteiger partial charge in [0, 0.05) is 35.0 Å². The molecule has 4 unspecified atom stereocenters. The second-order valence-electron chi connectivity index (χ2n) is 9.32. The van der Waals surface area contributed by atoms with Gasteiger partial charge in [0.05, 0.1) is 16.5 Å². The number of aliphatic hydroxyl groups is 2. The zero-order valence-electron chi connectivity index (χ0n) is 18.5. The second-order valence-corrected chi connectivity index (χ2v) is 11.0. The van der Waals surface area contributed by atoms with Crippen molar-refractivity contribution in [2.45, 2.75) is 82.1 Å². The van der Waals surface area contributed by atoms with E-state index < -0.39 is 24.3 Å². The minimum absolute atomic E-state index is 0.129. The van der Waals surface area contributed by atoms with Crippen LogP contribution in [-0.2, 0) is 10.2 Å². The van der Waals surface area contributed by atoms with Gasteiger partial charge in [-0.3, -0.25) is 4.79 Å². The molecule has 0 bridgehead atoms. The number of aliphatic carboxylic acids is 1. The van der Waals surface area contributed by atoms with E-state index in [9.17, 15) is 19.4 Å². The maximum absolute atomic E-state index is 14.5. The topological polar surface area (TPSA) is 77.8 Å². The smallest absolute Gasteiger partial charge is 0.303 e. The number of halogens is 2. The number of allylic oxidation sites excluding steroid dienone is 2. The first-order valence-electron chi connectivity index (χ1n) is 11.5. The van der Waals surface area contributed by atoms with Crippen molar-refractivity contribution in [1.82, 2.24) is 0 Å². The van der Waals surface area contributed by atoms with Crippen LogP contribution in [0.15, 0.2) is 36.4 Å². The van der Waals surface area contributed by atoms with Gasteiger partial charge in [0.25, 0.3) is 0 Å². The Balaban J connectivity index is 1.58. The van der Waals surface area contributed by atoms with Gasteiger partial charge in [0.1, 0.15) is 6.17 Å². The summed E-state index contributed by atoms with van der Waals surface area (Å²) in [6.07, 6.45) is 9.68. The molecule has 1 aromatic heterocycles. The maximum atomic E-state index is 14.5. The van der Waals surface area contributed by atoms with Crippen molar-refractivity contribution in [3.8, 4) is 0 Å². The molecule has 4 nitrogen and oxygen atoms in total. The van der Waals surface area contributed by atoms with Gasteiger partial charge in [0.2, 0.25) is 0 Å². The van der Waals surface area contributed by atoms with E-state index in [2.05, 4.69) is 6.92 Å². The third-order valence-electron chi connectivity index (χ3n) is 7.42. The van der Waals surface area contributed by atoms with Crippen LogP contribution < -0.4 is 0 Å². The number of unbranched alkanes of at least 4 members (excludes halogenated alkanes) is 1. The molecule has 32 heavy (non-hydrogen) atoms. The fourth-order valence-corrected chi connectivity index (χ4v) is 6.74. The van der Waals surface area contributed by atoms with E-state index in [0.29, 0.717) is 31.6 Å². The van der Waals surface area contributed by atoms with Crippen LogP contribution in [0.25, 0.3) is 0 Å². The number of hydrogen-bond donors (Lipinski definition) is 3. The molecule has 2 aliphatic carbocycles. The zero-order chi connectivity index (χ0) is 23.3. The van der Waals surface area contributed by atoms with Crippen LogP contribution >= 0.6 is 22.9 Å². The fourth-order valence-electron chi connectivity index (χ4n) is 5.32. The van der Waals surface area contributed by atoms with E-state index in [0.717, 1.165) is 22.1 Å². The summed E-state index contributed by atoms with van der Waals surface area (Å²) in [7, 11) is 0. The van der Waals surface area contributed by atoms with Gasteiger partial charge in [-0.05, 0) is 56.6 Å². The third kappa shape index (κ3) is 5.64. The van der Waals surface area contributed by atoms with Crippen molar-refractivity contribution in [3.05, 3.63) is 45.7 Å². The minimum Gasteiger partial charge on any atom is -0.481 e. The summed E-state index contributed by atoms with van der Waals surface area (Å²) < 4.78 is 15.2. The molecule has 1 aromatic rings. The molecular formula is C25H34ClFO4S. The molecule has 0 saturated heterocycles. The number of rotatable bonds is 11. The van der Waals surface area contributed by atoms with E-state index in [1.807, 2.05) is 36.4 Å². The van der Waals surface area contributed by atoms with E-state index >= 15 is 0 Å². The van der Waals surface area contributed by atoms with Gasteiger partial charge in [-0.15, -0.1) is 11.3 Å². The third-order valence-corrected chi connectivity index (χ3v) is 8.85. The highest BCUT2D eigenvalue weighted by atomic mass is 35.5. The number of alkyl halides is 1. The second kappa shape index (κ2) is 11.3. The Morgan fingerprint density at radius 1 is 1.38 bits per heavy atom. The molecule has 1 heterocycles. The van der Waals surface area contributed by atoms with Gasteiger partial charge < -0.3 is 15.3 Å². The molecule has 178 valence electrons. The summed E-state index contributed by atoms with van der Waals surface area (Å²) in [5.74, 6) is -1.03. The lowest BCUT2D eigenvalue weighted by atomic mass is 9.56. The maximum Gasteiger partial charge on any atom is 0.303 e. The predicted molar refractivity (Wildman–Crippen MR) is 127 cm³/mol. The number of carboxylic acids is 1. The quantitative estimate of drug-likeness (QED) is 0.269. The van der Waals surface area contributed by atoms with E-state index in [-0.39, 0.29) is 30.1 Å². The molecule has 0 aromatic carbocycles. The zero-order valence-corrected chi connectivity index (χ0v) is 20.1. The van der Waals surface area contributed by atoms with Crippen molar-refractivity contribution in [1.29, 1.82) is 0 Å². The van der Waals surface area contributed by atoms with Crippen molar-refractivity contribution >= 4 is 28.9 Å². The van der Waals surface area contributed by atoms with Crippen LogP contribution in [0, 0.1) is 17.8 Å². The normalized spacial score (nSPS) is 33.7. The molecule has 0 amide bonds. The molecule has 7 heteroatoms. The Morgan fingerprint density at radius 2 is 2.16 bits per heavy atom. The summed E-state index contributed by atoms with van der Waals surface area (Å²) >= 11 is 7.68. The average Bonchev–Trinajstić information content (AvgIpc) is 3.26. The van der Waals surface area contributed by atoms with E-state index in [4.69, 9.17) is 16.7 Å². The number of carbonyl (C=O) groups is 1. The van der Waals surface area contributed by atoms with Crippen LogP contribution in [0.4, 0.5) is 4.39 Å². The molecule has 2 aliphatic rings. The first-order valence-corrected chi connectivity index (χ1v) is 12.7. The van der Waals surface area contributed by atoms with Crippen LogP contribution in [0.1, 0.15) is 63.2 Å². The summed E-state index contributed by atoms with van der Waals surface area (Å²) in [6.45, 7) is 2.16. The van der Waals surface area contributed by atoms with Gasteiger partial charge in [0.15, 0.2) is 0 Å². The van der Waals surface area contributed by atoms with Crippen LogP contribution in [0.5, 0.6) is 0 Å². The Morgan fingerprint density at radius 3 is 2.75 bits per heavy atom. The lowest BCUT2D eigenvalue weighted by molar-refractivity contribution is -0.137. The predicted octanol–water partition coefficient (Wildman–Crippen LogP) is 5.91. The first-order chi connectivity index (χ1) is 15.3. The van der Waals surface area contributed by atoms with Gasteiger partial charge in [-0.2, -0.15) is 0 Å². The summed E-state index contributed by atoms with van der Waals surface area (Å²) in [6, 6.07) is 3.90. The Hall–Kier alpha value is -1.21. The van der Waals surface area contributed by atoms with Gasteiger partial charge in [-0.1, -0.05) is 42.8 Å². The van der Waals surface area contributed by atoms with Crippen molar-refractivity contribution in [3.63, 3.8) is 0 Å². The largest absolute Gasteiger partial charge is 0.481 e. The summed E-state index contributed by atoms with van der Waals surface area (Å²) in [5, 5.41) is 30.2. The lowest BCUT2D eigenvalue weighted by Gasteiger charge is -2.50. The number of aliphatic hydroxyl groups excluding tert-OH is 2. The molecule has 7 atom stereocenters.